The van der Waals surface area contributed by atoms with Crippen LogP contribution in [0, 0.1) is 0 Å². The minimum absolute atomic E-state index is 0.200. The number of rotatable bonds is 5. The molecule has 0 aromatic heterocycles. The van der Waals surface area contributed by atoms with E-state index in [1.165, 1.54) is 0 Å². The molecule has 1 nitrogen and oxygen atoms in total. The maximum absolute atomic E-state index is 11.0. The van der Waals surface area contributed by atoms with Crippen molar-refractivity contribution < 1.29 is 4.79 Å². The Hall–Kier alpha value is -0.0400. The molecule has 0 saturated carbocycles. The largest absolute Gasteiger partial charge is 0.298 e. The van der Waals surface area contributed by atoms with Gasteiger partial charge in [-0.15, -0.1) is 11.6 Å². The number of carbonyl (C=O) groups is 1. The molecule has 0 radical (unpaired) electrons. The molecule has 0 bridgehead atoms. The molecule has 0 saturated heterocycles. The molecular weight excluding hydrogens is 148 g/mol. The highest BCUT2D eigenvalue weighted by Crippen LogP contribution is 2.07. The van der Waals surface area contributed by atoms with Crippen LogP contribution in [0.4, 0.5) is 0 Å². The Morgan fingerprint density at radius 1 is 1.50 bits per heavy atom. The van der Waals surface area contributed by atoms with Crippen LogP contribution in [-0.2, 0) is 4.79 Å². The minimum atomic E-state index is -0.244. The van der Waals surface area contributed by atoms with E-state index in [4.69, 9.17) is 11.6 Å². The lowest BCUT2D eigenvalue weighted by molar-refractivity contribution is -0.118. The molecule has 1 atom stereocenters. The molecule has 10 heavy (non-hydrogen) atoms. The molecule has 0 aromatic carbocycles. The van der Waals surface area contributed by atoms with Crippen LogP contribution < -0.4 is 0 Å². The van der Waals surface area contributed by atoms with Crippen LogP contribution >= 0.6 is 11.6 Å². The van der Waals surface area contributed by atoms with Crippen molar-refractivity contribution in [3.63, 3.8) is 0 Å². The normalized spacial score (nSPS) is 13.1. The maximum atomic E-state index is 11.0. The maximum Gasteiger partial charge on any atom is 0.150 e. The lowest BCUT2D eigenvalue weighted by Crippen LogP contribution is -2.12. The summed E-state index contributed by atoms with van der Waals surface area (Å²) < 4.78 is 0. The van der Waals surface area contributed by atoms with Gasteiger partial charge >= 0.3 is 0 Å². The van der Waals surface area contributed by atoms with E-state index < -0.39 is 0 Å². The fraction of sp³-hybridized carbons (Fsp3) is 0.875. The van der Waals surface area contributed by atoms with Crippen molar-refractivity contribution in [2.45, 2.75) is 44.9 Å². The second-order valence-corrected chi connectivity index (χ2v) is 2.97. The van der Waals surface area contributed by atoms with Gasteiger partial charge in [0.15, 0.2) is 5.78 Å². The van der Waals surface area contributed by atoms with E-state index in [-0.39, 0.29) is 11.2 Å². The topological polar surface area (TPSA) is 17.1 Å². The van der Waals surface area contributed by atoms with E-state index in [1.54, 1.807) is 0 Å². The zero-order valence-corrected chi connectivity index (χ0v) is 7.45. The molecule has 0 aliphatic carbocycles. The lowest BCUT2D eigenvalue weighted by atomic mass is 10.1. The van der Waals surface area contributed by atoms with Gasteiger partial charge in [0.25, 0.3) is 0 Å². The van der Waals surface area contributed by atoms with Gasteiger partial charge in [-0.25, -0.2) is 0 Å². The van der Waals surface area contributed by atoms with Crippen molar-refractivity contribution in [2.24, 2.45) is 0 Å². The van der Waals surface area contributed by atoms with Crippen molar-refractivity contribution in [1.82, 2.24) is 0 Å². The van der Waals surface area contributed by atoms with E-state index in [1.807, 2.05) is 6.92 Å². The summed E-state index contributed by atoms with van der Waals surface area (Å²) in [4.78, 5) is 11.0. The first-order valence-electron chi connectivity index (χ1n) is 3.89. The van der Waals surface area contributed by atoms with Crippen molar-refractivity contribution in [3.05, 3.63) is 0 Å². The van der Waals surface area contributed by atoms with Gasteiger partial charge in [-0.2, -0.15) is 0 Å². The second-order valence-electron chi connectivity index (χ2n) is 2.45. The van der Waals surface area contributed by atoms with E-state index in [0.717, 1.165) is 19.3 Å². The highest BCUT2D eigenvalue weighted by molar-refractivity contribution is 6.31. The molecule has 0 aliphatic rings. The van der Waals surface area contributed by atoms with Crippen LogP contribution in [0.2, 0.25) is 0 Å². The third kappa shape index (κ3) is 3.89. The summed E-state index contributed by atoms with van der Waals surface area (Å²) in [7, 11) is 0. The predicted octanol–water partition coefficient (Wildman–Crippen LogP) is 2.76. The van der Waals surface area contributed by atoms with Gasteiger partial charge in [-0.1, -0.05) is 20.3 Å². The summed E-state index contributed by atoms with van der Waals surface area (Å²) in [5, 5.41) is -0.244. The predicted molar refractivity (Wildman–Crippen MR) is 44.5 cm³/mol. The molecule has 1 unspecified atom stereocenters. The van der Waals surface area contributed by atoms with Crippen LogP contribution in [0.15, 0.2) is 0 Å². The number of carbonyl (C=O) groups excluding carboxylic acids is 1. The number of hydrogen-bond donors (Lipinski definition) is 0. The minimum Gasteiger partial charge on any atom is -0.298 e. The van der Waals surface area contributed by atoms with Crippen molar-refractivity contribution in [3.8, 4) is 0 Å². The summed E-state index contributed by atoms with van der Waals surface area (Å²) in [6.07, 6.45) is 3.45. The summed E-state index contributed by atoms with van der Waals surface area (Å²) in [5.41, 5.74) is 0. The summed E-state index contributed by atoms with van der Waals surface area (Å²) >= 11 is 5.70. The zero-order chi connectivity index (χ0) is 7.98. The number of hydrogen-bond acceptors (Lipinski definition) is 1. The Morgan fingerprint density at radius 2 is 2.10 bits per heavy atom. The Labute approximate surface area is 67.8 Å². The third-order valence-electron chi connectivity index (χ3n) is 1.48. The van der Waals surface area contributed by atoms with Crippen LogP contribution in [0.25, 0.3) is 0 Å². The zero-order valence-electron chi connectivity index (χ0n) is 6.69. The molecular formula is C8H15ClO. The number of unbranched alkanes of at least 4 members (excludes halogenated alkanes) is 1. The third-order valence-corrected chi connectivity index (χ3v) is 2.04. The number of alkyl halides is 1. The molecule has 60 valence electrons. The summed E-state index contributed by atoms with van der Waals surface area (Å²) in [6, 6.07) is 0. The van der Waals surface area contributed by atoms with Gasteiger partial charge in [-0.05, 0) is 12.8 Å². The number of Topliss-reactive ketones (excluding diaryl/α,β-unsaturated/α-hetero) is 1. The summed E-state index contributed by atoms with van der Waals surface area (Å²) in [6.45, 7) is 4.00. The fourth-order valence-electron chi connectivity index (χ4n) is 0.735. The molecule has 0 spiro atoms. The van der Waals surface area contributed by atoms with Crippen LogP contribution in [0.3, 0.4) is 0 Å². The first kappa shape index (κ1) is 9.96. The fourth-order valence-corrected chi connectivity index (χ4v) is 0.844. The smallest absolute Gasteiger partial charge is 0.150 e. The van der Waals surface area contributed by atoms with Gasteiger partial charge in [0.2, 0.25) is 0 Å². The molecule has 0 aromatic rings. The molecule has 0 amide bonds. The lowest BCUT2D eigenvalue weighted by Gasteiger charge is -2.02. The Bertz CT molecular complexity index is 101. The van der Waals surface area contributed by atoms with E-state index >= 15 is 0 Å². The highest BCUT2D eigenvalue weighted by Gasteiger charge is 2.10. The average Bonchev–Trinajstić information content (AvgIpc) is 1.98. The quantitative estimate of drug-likeness (QED) is 0.569. The average molecular weight is 163 g/mol. The van der Waals surface area contributed by atoms with Gasteiger partial charge in [0.1, 0.15) is 0 Å². The molecule has 2 heteroatoms. The van der Waals surface area contributed by atoms with Gasteiger partial charge in [0, 0.05) is 6.42 Å². The standard InChI is InChI=1S/C8H15ClO/c1-3-5-6-8(10)7(9)4-2/h7H,3-6H2,1-2H3. The number of halogens is 1. The van der Waals surface area contributed by atoms with Crippen LogP contribution in [0.5, 0.6) is 0 Å². The summed E-state index contributed by atoms with van der Waals surface area (Å²) in [5.74, 6) is 0.200. The number of ketones is 1. The SMILES string of the molecule is CCCCC(=O)C(Cl)CC. The van der Waals surface area contributed by atoms with E-state index in [0.29, 0.717) is 6.42 Å². The van der Waals surface area contributed by atoms with Crippen molar-refractivity contribution in [1.29, 1.82) is 0 Å². The van der Waals surface area contributed by atoms with Crippen LogP contribution in [-0.4, -0.2) is 11.2 Å². The van der Waals surface area contributed by atoms with Gasteiger partial charge in [0.05, 0.1) is 5.38 Å². The van der Waals surface area contributed by atoms with Crippen molar-refractivity contribution in [2.75, 3.05) is 0 Å². The Morgan fingerprint density at radius 3 is 2.50 bits per heavy atom. The molecule has 0 aliphatic heterocycles. The molecule has 0 N–H and O–H groups in total. The molecule has 0 fully saturated rings. The van der Waals surface area contributed by atoms with Crippen molar-refractivity contribution >= 4 is 17.4 Å². The van der Waals surface area contributed by atoms with Crippen LogP contribution in [0.1, 0.15) is 39.5 Å². The van der Waals surface area contributed by atoms with Gasteiger partial charge in [-0.3, -0.25) is 4.79 Å². The van der Waals surface area contributed by atoms with E-state index in [9.17, 15) is 4.79 Å². The first-order chi connectivity index (χ1) is 4.72. The monoisotopic (exact) mass is 162 g/mol. The Balaban J connectivity index is 3.42. The first-order valence-corrected chi connectivity index (χ1v) is 4.32. The van der Waals surface area contributed by atoms with E-state index in [2.05, 4.69) is 6.92 Å². The highest BCUT2D eigenvalue weighted by atomic mass is 35.5. The second kappa shape index (κ2) is 5.72. The molecule has 0 rings (SSSR count). The van der Waals surface area contributed by atoms with Gasteiger partial charge < -0.3 is 0 Å². The molecule has 0 heterocycles. The Kier molecular flexibility index (Phi) is 5.70.